The number of aromatic nitrogens is 2. The van der Waals surface area contributed by atoms with Crippen molar-refractivity contribution in [3.05, 3.63) is 59.9 Å². The lowest BCUT2D eigenvalue weighted by Gasteiger charge is -2.29. The molecule has 3 aromatic rings. The Morgan fingerprint density at radius 3 is 2.62 bits per heavy atom. The lowest BCUT2D eigenvalue weighted by atomic mass is 10.0. The molecule has 10 nitrogen and oxygen atoms in total. The van der Waals surface area contributed by atoms with E-state index in [9.17, 15) is 27.2 Å². The first-order valence-electron chi connectivity index (χ1n) is 12.7. The number of piperidine rings is 1. The predicted molar refractivity (Wildman–Crippen MR) is 141 cm³/mol. The van der Waals surface area contributed by atoms with Crippen LogP contribution < -0.4 is 26.2 Å². The van der Waals surface area contributed by atoms with Gasteiger partial charge >= 0.3 is 6.18 Å². The lowest BCUT2D eigenvalue weighted by molar-refractivity contribution is -0.141. The third-order valence-electron chi connectivity index (χ3n) is 6.08. The van der Waals surface area contributed by atoms with Gasteiger partial charge in [-0.15, -0.1) is 0 Å². The number of benzene rings is 1. The van der Waals surface area contributed by atoms with Crippen LogP contribution in [0.25, 0.3) is 0 Å². The third-order valence-corrected chi connectivity index (χ3v) is 6.08. The van der Waals surface area contributed by atoms with Gasteiger partial charge in [0.25, 0.3) is 11.9 Å². The van der Waals surface area contributed by atoms with E-state index in [2.05, 4.69) is 31.2 Å². The Balaban J connectivity index is 1.26. The number of nitrogens with one attached hydrogen (secondary N) is 4. The number of hydrogen-bond donors (Lipinski definition) is 4. The van der Waals surface area contributed by atoms with Crippen molar-refractivity contribution in [3.63, 3.8) is 0 Å². The van der Waals surface area contributed by atoms with E-state index in [4.69, 9.17) is 4.42 Å². The molecule has 4 N–H and O–H groups in total. The van der Waals surface area contributed by atoms with Crippen LogP contribution >= 0.6 is 0 Å². The second kappa shape index (κ2) is 12.8. The Bertz CT molecular complexity index is 1310. The van der Waals surface area contributed by atoms with Crippen molar-refractivity contribution in [2.75, 3.05) is 53.6 Å². The van der Waals surface area contributed by atoms with Gasteiger partial charge < -0.3 is 30.6 Å². The van der Waals surface area contributed by atoms with Crippen molar-refractivity contribution < 1.29 is 31.6 Å². The summed E-state index contributed by atoms with van der Waals surface area (Å²) in [4.78, 5) is 34.0. The third kappa shape index (κ3) is 7.68. The average Bonchev–Trinajstić information content (AvgIpc) is 3.38. The topological polar surface area (TPSA) is 124 Å². The monoisotopic (exact) mass is 563 g/mol. The van der Waals surface area contributed by atoms with E-state index in [1.807, 2.05) is 6.92 Å². The van der Waals surface area contributed by atoms with Crippen molar-refractivity contribution in [3.8, 4) is 0 Å². The molecule has 1 fully saturated rings. The molecule has 1 aliphatic heterocycles. The zero-order valence-corrected chi connectivity index (χ0v) is 21.6. The molecule has 2 aromatic heterocycles. The fraction of sp³-hybridized carbons (Fsp3) is 0.385. The van der Waals surface area contributed by atoms with Crippen molar-refractivity contribution in [1.82, 2.24) is 15.3 Å². The van der Waals surface area contributed by atoms with E-state index in [1.165, 1.54) is 36.5 Å². The Morgan fingerprint density at radius 1 is 1.12 bits per heavy atom. The van der Waals surface area contributed by atoms with E-state index >= 15 is 0 Å². The Morgan fingerprint density at radius 2 is 1.93 bits per heavy atom. The molecule has 0 bridgehead atoms. The molecule has 0 saturated carbocycles. The zero-order chi connectivity index (χ0) is 28.7. The van der Waals surface area contributed by atoms with Gasteiger partial charge in [0.15, 0.2) is 5.69 Å². The smallest absolute Gasteiger partial charge is 0.417 e. The Hall–Kier alpha value is -4.20. The molecule has 3 heterocycles. The van der Waals surface area contributed by atoms with Gasteiger partial charge in [0.2, 0.25) is 11.7 Å². The number of oxazole rings is 1. The molecule has 1 unspecified atom stereocenters. The van der Waals surface area contributed by atoms with E-state index in [0.29, 0.717) is 32.0 Å². The summed E-state index contributed by atoms with van der Waals surface area (Å²) in [5.41, 5.74) is -1.12. The molecular formula is C26H29F4N7O3. The fourth-order valence-corrected chi connectivity index (χ4v) is 4.15. The highest BCUT2D eigenvalue weighted by atomic mass is 19.4. The van der Waals surface area contributed by atoms with Gasteiger partial charge in [-0.3, -0.25) is 9.59 Å². The maximum absolute atomic E-state index is 13.6. The number of para-hydroxylation sites is 1. The van der Waals surface area contributed by atoms with Crippen molar-refractivity contribution in [1.29, 1.82) is 0 Å². The maximum atomic E-state index is 13.6. The largest absolute Gasteiger partial charge is 0.437 e. The van der Waals surface area contributed by atoms with Crippen molar-refractivity contribution in [2.45, 2.75) is 25.9 Å². The predicted octanol–water partition coefficient (Wildman–Crippen LogP) is 4.36. The molecule has 214 valence electrons. The molecule has 1 atom stereocenters. The van der Waals surface area contributed by atoms with Crippen LogP contribution in [0.5, 0.6) is 0 Å². The van der Waals surface area contributed by atoms with Crippen molar-refractivity contribution >= 4 is 35.0 Å². The second-order valence-corrected chi connectivity index (χ2v) is 9.38. The number of anilines is 4. The summed E-state index contributed by atoms with van der Waals surface area (Å²) in [5, 5.41) is 10.7. The van der Waals surface area contributed by atoms with Gasteiger partial charge in [-0.1, -0.05) is 19.1 Å². The molecule has 1 aliphatic rings. The number of nitrogens with zero attached hydrogens (tertiary/aromatic N) is 3. The molecule has 0 spiro atoms. The van der Waals surface area contributed by atoms with Crippen LogP contribution in [0.2, 0.25) is 0 Å². The van der Waals surface area contributed by atoms with Crippen LogP contribution in [0, 0.1) is 11.7 Å². The van der Waals surface area contributed by atoms with Crippen LogP contribution in [-0.2, 0) is 11.0 Å². The fourth-order valence-electron chi connectivity index (χ4n) is 4.15. The number of amides is 2. The number of hydrogen-bond acceptors (Lipinski definition) is 8. The van der Waals surface area contributed by atoms with E-state index in [0.717, 1.165) is 12.8 Å². The van der Waals surface area contributed by atoms with Crippen LogP contribution in [0.15, 0.2) is 47.0 Å². The lowest BCUT2D eigenvalue weighted by Crippen LogP contribution is -2.34. The first-order valence-corrected chi connectivity index (χ1v) is 12.7. The minimum atomic E-state index is -4.87. The SMILES string of the molecule is CC1CCCN(c2nc(C(F)(F)F)c(C(=O)Nc3ccc(NCCNCC(=O)Nc4ccccc4F)nc3)o2)C1. The number of pyridine rings is 1. The second-order valence-electron chi connectivity index (χ2n) is 9.38. The molecule has 40 heavy (non-hydrogen) atoms. The minimum absolute atomic E-state index is 0.0333. The molecule has 0 aliphatic carbocycles. The number of carbonyl (C=O) groups excluding carboxylic acids is 2. The van der Waals surface area contributed by atoms with Gasteiger partial charge in [-0.05, 0) is 43.0 Å². The molecule has 1 aromatic carbocycles. The van der Waals surface area contributed by atoms with Gasteiger partial charge in [0.05, 0.1) is 24.1 Å². The zero-order valence-electron chi connectivity index (χ0n) is 21.6. The molecular weight excluding hydrogens is 534 g/mol. The van der Waals surface area contributed by atoms with Crippen LogP contribution in [-0.4, -0.2) is 54.5 Å². The summed E-state index contributed by atoms with van der Waals surface area (Å²) in [6.07, 6.45) is -1.83. The maximum Gasteiger partial charge on any atom is 0.437 e. The van der Waals surface area contributed by atoms with Crippen molar-refractivity contribution in [2.24, 2.45) is 5.92 Å². The summed E-state index contributed by atoms with van der Waals surface area (Å²) in [6.45, 7) is 3.72. The van der Waals surface area contributed by atoms with Gasteiger partial charge in [0, 0.05) is 26.2 Å². The summed E-state index contributed by atoms with van der Waals surface area (Å²) in [5.74, 6) is -2.22. The first-order chi connectivity index (χ1) is 19.1. The summed E-state index contributed by atoms with van der Waals surface area (Å²) >= 11 is 0. The number of alkyl halides is 3. The minimum Gasteiger partial charge on any atom is -0.417 e. The summed E-state index contributed by atoms with van der Waals surface area (Å²) in [7, 11) is 0. The first kappa shape index (κ1) is 28.8. The van der Waals surface area contributed by atoms with E-state index in [1.54, 1.807) is 11.0 Å². The van der Waals surface area contributed by atoms with Gasteiger partial charge in [0.1, 0.15) is 11.6 Å². The molecule has 4 rings (SSSR count). The van der Waals surface area contributed by atoms with Gasteiger partial charge in [-0.2, -0.15) is 18.2 Å². The Kier molecular flexibility index (Phi) is 9.19. The molecule has 2 amide bonds. The van der Waals surface area contributed by atoms with Crippen LogP contribution in [0.1, 0.15) is 36.0 Å². The number of rotatable bonds is 10. The average molecular weight is 564 g/mol. The van der Waals surface area contributed by atoms with Crippen LogP contribution in [0.3, 0.4) is 0 Å². The quantitative estimate of drug-likeness (QED) is 0.212. The molecule has 0 radical (unpaired) electrons. The highest BCUT2D eigenvalue weighted by Crippen LogP contribution is 2.35. The number of carbonyl (C=O) groups is 2. The highest BCUT2D eigenvalue weighted by molar-refractivity contribution is 6.03. The molecule has 1 saturated heterocycles. The Labute approximate surface area is 227 Å². The standard InChI is InChI=1S/C26H29F4N7O3/c1-16-5-4-12-37(15-16)25-36-23(26(28,29)30)22(40-25)24(39)34-17-8-9-20(33-13-17)32-11-10-31-14-21(38)35-19-7-3-2-6-18(19)27/h2-3,6-9,13,16,31H,4-5,10-12,14-15H2,1H3,(H,32,33)(H,34,39)(H,35,38). The van der Waals surface area contributed by atoms with E-state index in [-0.39, 0.29) is 29.9 Å². The number of halogens is 4. The summed E-state index contributed by atoms with van der Waals surface area (Å²) < 4.78 is 59.7. The normalized spacial score (nSPS) is 15.5. The van der Waals surface area contributed by atoms with Gasteiger partial charge in [-0.25, -0.2) is 9.37 Å². The molecule has 14 heteroatoms. The summed E-state index contributed by atoms with van der Waals surface area (Å²) in [6, 6.07) is 8.62. The van der Waals surface area contributed by atoms with E-state index < -0.39 is 35.3 Å². The van der Waals surface area contributed by atoms with Crippen LogP contribution in [0.4, 0.5) is 40.8 Å². The highest BCUT2D eigenvalue weighted by Gasteiger charge is 2.42.